The Morgan fingerprint density at radius 1 is 1.30 bits per heavy atom. The van der Waals surface area contributed by atoms with Gasteiger partial charge in [0.05, 0.1) is 11.3 Å². The van der Waals surface area contributed by atoms with E-state index in [1.807, 2.05) is 31.2 Å². The average molecular weight is 366 g/mol. The number of aryl methyl sites for hydroxylation is 1. The maximum Gasteiger partial charge on any atom is 0.252 e. The van der Waals surface area contributed by atoms with Crippen molar-refractivity contribution in [2.24, 2.45) is 5.73 Å². The van der Waals surface area contributed by atoms with Gasteiger partial charge in [0, 0.05) is 30.9 Å². The lowest BCUT2D eigenvalue weighted by Gasteiger charge is -2.25. The SMILES string of the molecule is Cc1nc2cc(Nc3cc(NC4CCNCC4)c(C(N)=O)cn3)ccc2o1. The van der Waals surface area contributed by atoms with Crippen LogP contribution in [0, 0.1) is 6.92 Å². The van der Waals surface area contributed by atoms with Crippen LogP contribution in [0.1, 0.15) is 29.1 Å². The fraction of sp³-hybridized carbons (Fsp3) is 0.316. The van der Waals surface area contributed by atoms with Crippen molar-refractivity contribution in [1.82, 2.24) is 15.3 Å². The predicted octanol–water partition coefficient (Wildman–Crippen LogP) is 2.54. The molecule has 0 spiro atoms. The number of anilines is 3. The van der Waals surface area contributed by atoms with E-state index in [4.69, 9.17) is 10.2 Å². The van der Waals surface area contributed by atoms with Crippen molar-refractivity contribution in [3.63, 3.8) is 0 Å². The maximum absolute atomic E-state index is 11.8. The molecule has 8 nitrogen and oxygen atoms in total. The summed E-state index contributed by atoms with van der Waals surface area (Å²) in [5.41, 5.74) is 8.96. The zero-order valence-electron chi connectivity index (χ0n) is 15.1. The number of pyridine rings is 1. The number of fused-ring (bicyclic) bond motifs is 1. The van der Waals surface area contributed by atoms with E-state index in [1.54, 1.807) is 0 Å². The Hall–Kier alpha value is -3.13. The molecule has 1 aliphatic heterocycles. The quantitative estimate of drug-likeness (QED) is 0.548. The summed E-state index contributed by atoms with van der Waals surface area (Å²) < 4.78 is 5.50. The lowest BCUT2D eigenvalue weighted by Crippen LogP contribution is -2.35. The van der Waals surface area contributed by atoms with Crippen LogP contribution < -0.4 is 21.7 Å². The smallest absolute Gasteiger partial charge is 0.252 e. The Labute approximate surface area is 156 Å². The second-order valence-electron chi connectivity index (χ2n) is 6.69. The third-order valence-corrected chi connectivity index (χ3v) is 4.64. The molecule has 0 bridgehead atoms. The molecule has 8 heteroatoms. The largest absolute Gasteiger partial charge is 0.441 e. The number of benzene rings is 1. The number of rotatable bonds is 5. The van der Waals surface area contributed by atoms with Gasteiger partial charge in [0.15, 0.2) is 11.5 Å². The minimum Gasteiger partial charge on any atom is -0.441 e. The second kappa shape index (κ2) is 7.24. The van der Waals surface area contributed by atoms with Gasteiger partial charge in [0.1, 0.15) is 11.3 Å². The molecular weight excluding hydrogens is 344 g/mol. The van der Waals surface area contributed by atoms with Gasteiger partial charge in [-0.25, -0.2) is 9.97 Å². The number of nitrogens with zero attached hydrogens (tertiary/aromatic N) is 2. The highest BCUT2D eigenvalue weighted by atomic mass is 16.3. The summed E-state index contributed by atoms with van der Waals surface area (Å²) in [7, 11) is 0. The number of amides is 1. The molecule has 0 saturated carbocycles. The zero-order valence-corrected chi connectivity index (χ0v) is 15.1. The van der Waals surface area contributed by atoms with Crippen molar-refractivity contribution in [2.45, 2.75) is 25.8 Å². The maximum atomic E-state index is 11.8. The van der Waals surface area contributed by atoms with Crippen LogP contribution in [0.3, 0.4) is 0 Å². The normalized spacial score (nSPS) is 15.0. The van der Waals surface area contributed by atoms with Crippen molar-refractivity contribution in [3.8, 4) is 0 Å². The third kappa shape index (κ3) is 3.85. The minimum absolute atomic E-state index is 0.300. The number of aromatic nitrogens is 2. The standard InChI is InChI=1S/C19H22N6O2/c1-11-23-16-8-13(2-3-17(16)27-11)25-18-9-15(14(10-22-18)19(20)26)24-12-4-6-21-7-5-12/h2-3,8-10,12,21H,4-7H2,1H3,(H2,20,26)(H2,22,24,25). The fourth-order valence-corrected chi connectivity index (χ4v) is 3.29. The molecule has 4 rings (SSSR count). The van der Waals surface area contributed by atoms with Gasteiger partial charge in [-0.3, -0.25) is 4.79 Å². The van der Waals surface area contributed by atoms with E-state index < -0.39 is 5.91 Å². The summed E-state index contributed by atoms with van der Waals surface area (Å²) in [6.45, 7) is 3.73. The molecule has 3 heterocycles. The van der Waals surface area contributed by atoms with Gasteiger partial charge < -0.3 is 26.1 Å². The highest BCUT2D eigenvalue weighted by Crippen LogP contribution is 2.25. The van der Waals surface area contributed by atoms with Crippen molar-refractivity contribution < 1.29 is 9.21 Å². The minimum atomic E-state index is -0.495. The fourth-order valence-electron chi connectivity index (χ4n) is 3.29. The molecule has 2 aromatic heterocycles. The van der Waals surface area contributed by atoms with Crippen LogP contribution in [0.25, 0.3) is 11.1 Å². The predicted molar refractivity (Wildman–Crippen MR) is 104 cm³/mol. The molecule has 0 aliphatic carbocycles. The van der Waals surface area contributed by atoms with Crippen molar-refractivity contribution >= 4 is 34.2 Å². The third-order valence-electron chi connectivity index (χ3n) is 4.64. The van der Waals surface area contributed by atoms with Gasteiger partial charge in [-0.2, -0.15) is 0 Å². The topological polar surface area (TPSA) is 118 Å². The lowest BCUT2D eigenvalue weighted by molar-refractivity contribution is 0.100. The van der Waals surface area contributed by atoms with E-state index in [1.165, 1.54) is 6.20 Å². The molecule has 5 N–H and O–H groups in total. The number of hydrogen-bond acceptors (Lipinski definition) is 7. The second-order valence-corrected chi connectivity index (χ2v) is 6.69. The molecule has 3 aromatic rings. The van der Waals surface area contributed by atoms with Crippen molar-refractivity contribution in [1.29, 1.82) is 0 Å². The lowest BCUT2D eigenvalue weighted by atomic mass is 10.1. The summed E-state index contributed by atoms with van der Waals surface area (Å²) in [5.74, 6) is 0.750. The number of oxazole rings is 1. The molecule has 0 unspecified atom stereocenters. The number of nitrogens with two attached hydrogens (primary N) is 1. The summed E-state index contributed by atoms with van der Waals surface area (Å²) >= 11 is 0. The Balaban J connectivity index is 1.59. The number of hydrogen-bond donors (Lipinski definition) is 4. The number of nitrogens with one attached hydrogen (secondary N) is 3. The molecule has 0 atom stereocenters. The van der Waals surface area contributed by atoms with E-state index in [-0.39, 0.29) is 0 Å². The number of primary amides is 1. The first-order chi connectivity index (χ1) is 13.1. The molecule has 1 fully saturated rings. The van der Waals surface area contributed by atoms with Gasteiger partial charge in [-0.1, -0.05) is 0 Å². The van der Waals surface area contributed by atoms with Gasteiger partial charge >= 0.3 is 0 Å². The Bertz CT molecular complexity index is 977. The van der Waals surface area contributed by atoms with Gasteiger partial charge in [-0.05, 0) is 44.1 Å². The van der Waals surface area contributed by atoms with Crippen molar-refractivity contribution in [2.75, 3.05) is 23.7 Å². The summed E-state index contributed by atoms with van der Waals surface area (Å²) in [5, 5.41) is 10.0. The molecular formula is C19H22N6O2. The van der Waals surface area contributed by atoms with Crippen LogP contribution in [0.4, 0.5) is 17.2 Å². The molecule has 1 aliphatic rings. The first-order valence-electron chi connectivity index (χ1n) is 9.00. The van der Waals surface area contributed by atoms with Crippen LogP contribution in [-0.2, 0) is 0 Å². The Kier molecular flexibility index (Phi) is 4.64. The van der Waals surface area contributed by atoms with Crippen molar-refractivity contribution in [3.05, 3.63) is 41.9 Å². The molecule has 0 radical (unpaired) electrons. The Morgan fingerprint density at radius 3 is 2.89 bits per heavy atom. The van der Waals surface area contributed by atoms with Gasteiger partial charge in [0.2, 0.25) is 0 Å². The van der Waals surface area contributed by atoms with E-state index in [0.29, 0.717) is 29.0 Å². The first-order valence-corrected chi connectivity index (χ1v) is 9.00. The Morgan fingerprint density at radius 2 is 2.11 bits per heavy atom. The van der Waals surface area contributed by atoms with E-state index in [0.717, 1.165) is 42.7 Å². The molecule has 140 valence electrons. The molecule has 27 heavy (non-hydrogen) atoms. The monoisotopic (exact) mass is 366 g/mol. The summed E-state index contributed by atoms with van der Waals surface area (Å²) in [6, 6.07) is 7.78. The summed E-state index contributed by atoms with van der Waals surface area (Å²) in [4.78, 5) is 20.4. The highest BCUT2D eigenvalue weighted by molar-refractivity contribution is 5.98. The number of carbonyl (C=O) groups excluding carboxylic acids is 1. The van der Waals surface area contributed by atoms with Crippen LogP contribution in [0.5, 0.6) is 0 Å². The average Bonchev–Trinajstić information content (AvgIpc) is 3.02. The zero-order chi connectivity index (χ0) is 18.8. The molecule has 1 amide bonds. The van der Waals surface area contributed by atoms with Crippen LogP contribution in [-0.4, -0.2) is 35.0 Å². The number of piperidine rings is 1. The van der Waals surface area contributed by atoms with E-state index in [2.05, 4.69) is 25.9 Å². The molecule has 1 aromatic carbocycles. The summed E-state index contributed by atoms with van der Waals surface area (Å²) in [6.07, 6.45) is 3.49. The van der Waals surface area contributed by atoms with Gasteiger partial charge in [-0.15, -0.1) is 0 Å². The van der Waals surface area contributed by atoms with Crippen LogP contribution in [0.2, 0.25) is 0 Å². The molecule has 1 saturated heterocycles. The number of carbonyl (C=O) groups is 1. The highest BCUT2D eigenvalue weighted by Gasteiger charge is 2.17. The van der Waals surface area contributed by atoms with Crippen LogP contribution in [0.15, 0.2) is 34.9 Å². The van der Waals surface area contributed by atoms with Gasteiger partial charge in [0.25, 0.3) is 5.91 Å². The first kappa shape index (κ1) is 17.3. The van der Waals surface area contributed by atoms with E-state index in [9.17, 15) is 4.79 Å². The van der Waals surface area contributed by atoms with Crippen LogP contribution >= 0.6 is 0 Å². The van der Waals surface area contributed by atoms with E-state index >= 15 is 0 Å².